The highest BCUT2D eigenvalue weighted by Crippen LogP contribution is 2.16. The van der Waals surface area contributed by atoms with Crippen molar-refractivity contribution in [3.63, 3.8) is 0 Å². The van der Waals surface area contributed by atoms with Gasteiger partial charge in [0.2, 0.25) is 17.8 Å². The molecule has 1 saturated heterocycles. The molecule has 0 radical (unpaired) electrons. The number of piperazine rings is 1. The van der Waals surface area contributed by atoms with Crippen LogP contribution in [0, 0.1) is 0 Å². The summed E-state index contributed by atoms with van der Waals surface area (Å²) < 4.78 is 5.10. The number of anilines is 1. The Hall–Kier alpha value is -2.61. The van der Waals surface area contributed by atoms with Gasteiger partial charge in [-0.3, -0.25) is 14.9 Å². The molecule has 0 aliphatic carbocycles. The number of carbonyl (C=O) groups is 2. The largest absolute Gasteiger partial charge is 0.497 e. The predicted molar refractivity (Wildman–Crippen MR) is 93.8 cm³/mol. The van der Waals surface area contributed by atoms with Gasteiger partial charge < -0.3 is 19.9 Å². The highest BCUT2D eigenvalue weighted by molar-refractivity contribution is 6.05. The summed E-state index contributed by atoms with van der Waals surface area (Å²) in [6, 6.07) is 6.34. The molecule has 0 spiro atoms. The van der Waals surface area contributed by atoms with Crippen molar-refractivity contribution < 1.29 is 19.2 Å². The smallest absolute Gasteiger partial charge is 0.249 e. The molecule has 1 fully saturated rings. The summed E-state index contributed by atoms with van der Waals surface area (Å²) in [4.78, 5) is 32.5. The molecule has 3 rings (SSSR count). The number of carbonyl (C=O) groups excluding carboxylic acids is 2. The summed E-state index contributed by atoms with van der Waals surface area (Å²) in [6.07, 6.45) is 0.0600. The lowest BCUT2D eigenvalue weighted by Crippen LogP contribution is -3.12. The lowest BCUT2D eigenvalue weighted by atomic mass is 10.1. The highest BCUT2D eigenvalue weighted by Gasteiger charge is 2.30. The highest BCUT2D eigenvalue weighted by atomic mass is 16.5. The Morgan fingerprint density at radius 3 is 2.64 bits per heavy atom. The van der Waals surface area contributed by atoms with Crippen molar-refractivity contribution in [1.29, 1.82) is 0 Å². The number of methoxy groups -OCH3 is 1. The summed E-state index contributed by atoms with van der Waals surface area (Å²) in [6.45, 7) is 3.60. The quantitative estimate of drug-likeness (QED) is 0.636. The molecule has 8 heteroatoms. The van der Waals surface area contributed by atoms with Crippen LogP contribution in [0.25, 0.3) is 0 Å². The number of nitrogens with one attached hydrogen (secondary N) is 3. The second-order valence-corrected chi connectivity index (χ2v) is 6.38. The van der Waals surface area contributed by atoms with Gasteiger partial charge >= 0.3 is 0 Å². The van der Waals surface area contributed by atoms with E-state index in [1.54, 1.807) is 31.4 Å². The zero-order valence-electron chi connectivity index (χ0n) is 14.5. The first-order valence-corrected chi connectivity index (χ1v) is 8.44. The van der Waals surface area contributed by atoms with Crippen molar-refractivity contribution in [1.82, 2.24) is 10.2 Å². The van der Waals surface area contributed by atoms with Gasteiger partial charge in [-0.25, -0.2) is 4.99 Å². The molecule has 0 aromatic heterocycles. The van der Waals surface area contributed by atoms with Crippen LogP contribution in [0.5, 0.6) is 5.75 Å². The molecule has 2 aliphatic heterocycles. The van der Waals surface area contributed by atoms with Crippen molar-refractivity contribution in [2.24, 2.45) is 4.99 Å². The van der Waals surface area contributed by atoms with Crippen LogP contribution >= 0.6 is 0 Å². The Morgan fingerprint density at radius 1 is 1.32 bits per heavy atom. The minimum atomic E-state index is -0.710. The van der Waals surface area contributed by atoms with E-state index in [0.717, 1.165) is 26.2 Å². The third-order valence-electron chi connectivity index (χ3n) is 4.48. The molecule has 8 nitrogen and oxygen atoms in total. The van der Waals surface area contributed by atoms with E-state index in [1.807, 2.05) is 4.90 Å². The number of guanidine groups is 1. The maximum Gasteiger partial charge on any atom is 0.249 e. The van der Waals surface area contributed by atoms with Crippen LogP contribution in [0.1, 0.15) is 6.42 Å². The molecule has 1 atom stereocenters. The first-order chi connectivity index (χ1) is 12.0. The number of rotatable bonds is 3. The van der Waals surface area contributed by atoms with E-state index in [1.165, 1.54) is 4.90 Å². The molecule has 2 aliphatic rings. The fraction of sp³-hybridized carbons (Fsp3) is 0.471. The van der Waals surface area contributed by atoms with E-state index < -0.39 is 6.04 Å². The van der Waals surface area contributed by atoms with Gasteiger partial charge in [0.15, 0.2) is 0 Å². The van der Waals surface area contributed by atoms with Crippen LogP contribution in [0.2, 0.25) is 0 Å². The molecule has 0 bridgehead atoms. The number of nitrogens with zero attached hydrogens (tertiary/aromatic N) is 2. The van der Waals surface area contributed by atoms with E-state index in [9.17, 15) is 9.59 Å². The van der Waals surface area contributed by atoms with Gasteiger partial charge in [-0.15, -0.1) is 0 Å². The zero-order chi connectivity index (χ0) is 17.8. The maximum atomic E-state index is 12.5. The molecule has 2 heterocycles. The first-order valence-electron chi connectivity index (χ1n) is 8.44. The molecule has 0 unspecified atom stereocenters. The van der Waals surface area contributed by atoms with Gasteiger partial charge in [0.05, 0.1) is 46.8 Å². The van der Waals surface area contributed by atoms with Gasteiger partial charge in [0.1, 0.15) is 11.8 Å². The number of ether oxygens (including phenoxy) is 1. The molecule has 1 aromatic carbocycles. The van der Waals surface area contributed by atoms with E-state index in [-0.39, 0.29) is 18.2 Å². The third-order valence-corrected chi connectivity index (χ3v) is 4.48. The average molecular weight is 346 g/mol. The van der Waals surface area contributed by atoms with Gasteiger partial charge in [-0.2, -0.15) is 0 Å². The summed E-state index contributed by atoms with van der Waals surface area (Å²) in [5, 5.41) is 5.61. The van der Waals surface area contributed by atoms with Crippen molar-refractivity contribution in [3.05, 3.63) is 24.3 Å². The monoisotopic (exact) mass is 346 g/mol. The van der Waals surface area contributed by atoms with Gasteiger partial charge in [0, 0.05) is 5.69 Å². The standard InChI is InChI=1S/C17H23N5O3/c1-21-7-9-22(10-8-21)17-19-14(11-15(23)20-17)16(24)18-12-3-5-13(25-2)6-4-12/h3-6,14H,7-11H2,1-2H3,(H,18,24)(H,19,20,23)/p+1/t14-/m1/s1. The second-order valence-electron chi connectivity index (χ2n) is 6.38. The van der Waals surface area contributed by atoms with Crippen LogP contribution in [-0.2, 0) is 9.59 Å². The van der Waals surface area contributed by atoms with Crippen molar-refractivity contribution in [2.45, 2.75) is 12.5 Å². The minimum Gasteiger partial charge on any atom is -0.497 e. The van der Waals surface area contributed by atoms with Crippen LogP contribution in [0.3, 0.4) is 0 Å². The molecule has 1 aromatic rings. The number of amides is 2. The lowest BCUT2D eigenvalue weighted by molar-refractivity contribution is -0.883. The zero-order valence-corrected chi connectivity index (χ0v) is 14.5. The van der Waals surface area contributed by atoms with Gasteiger partial charge in [-0.1, -0.05) is 0 Å². The van der Waals surface area contributed by atoms with Crippen molar-refractivity contribution in [2.75, 3.05) is 45.7 Å². The summed E-state index contributed by atoms with van der Waals surface area (Å²) >= 11 is 0. The average Bonchev–Trinajstić information content (AvgIpc) is 2.62. The predicted octanol–water partition coefficient (Wildman–Crippen LogP) is -1.29. The third kappa shape index (κ3) is 4.27. The van der Waals surface area contributed by atoms with Crippen LogP contribution in [0.4, 0.5) is 5.69 Å². The normalized spacial score (nSPS) is 21.4. The van der Waals surface area contributed by atoms with E-state index in [0.29, 0.717) is 17.4 Å². The molecule has 25 heavy (non-hydrogen) atoms. The molecule has 2 amide bonds. The van der Waals surface area contributed by atoms with E-state index >= 15 is 0 Å². The molecular formula is C17H24N5O3+. The Labute approximate surface area is 146 Å². The van der Waals surface area contributed by atoms with E-state index in [2.05, 4.69) is 22.7 Å². The molecule has 0 saturated carbocycles. The van der Waals surface area contributed by atoms with Crippen LogP contribution in [0.15, 0.2) is 29.3 Å². The molecule has 134 valence electrons. The summed E-state index contributed by atoms with van der Waals surface area (Å²) in [7, 11) is 3.73. The summed E-state index contributed by atoms with van der Waals surface area (Å²) in [5.74, 6) is 0.773. The first kappa shape index (κ1) is 17.2. The Morgan fingerprint density at radius 2 is 2.00 bits per heavy atom. The number of quaternary nitrogens is 1. The number of hydrogen-bond acceptors (Lipinski definition) is 5. The minimum absolute atomic E-state index is 0.0600. The number of likely N-dealkylation sites (N-methyl/N-ethyl adjacent to an activating group) is 1. The Bertz CT molecular complexity index is 665. The van der Waals surface area contributed by atoms with Crippen molar-refractivity contribution >= 4 is 23.5 Å². The Balaban J connectivity index is 1.67. The fourth-order valence-electron chi connectivity index (χ4n) is 2.89. The maximum absolute atomic E-state index is 12.5. The second kappa shape index (κ2) is 7.52. The van der Waals surface area contributed by atoms with Crippen LogP contribution in [-0.4, -0.2) is 69.1 Å². The molecule has 3 N–H and O–H groups in total. The Kier molecular flexibility index (Phi) is 5.18. The number of benzene rings is 1. The SMILES string of the molecule is COc1ccc(NC(=O)[C@H]2CC(=O)NC(N3CC[NH+](C)CC3)=N2)cc1. The topological polar surface area (TPSA) is 87.5 Å². The number of hydrogen-bond donors (Lipinski definition) is 3. The van der Waals surface area contributed by atoms with Crippen LogP contribution < -0.4 is 20.3 Å². The molecular weight excluding hydrogens is 322 g/mol. The lowest BCUT2D eigenvalue weighted by Gasteiger charge is -2.34. The van der Waals surface area contributed by atoms with Gasteiger partial charge in [-0.05, 0) is 24.3 Å². The fourth-order valence-corrected chi connectivity index (χ4v) is 2.89. The van der Waals surface area contributed by atoms with Crippen molar-refractivity contribution in [3.8, 4) is 5.75 Å². The summed E-state index contributed by atoms with van der Waals surface area (Å²) in [5.41, 5.74) is 0.650. The number of aliphatic imine (C=N–C) groups is 1. The van der Waals surface area contributed by atoms with Gasteiger partial charge in [0.25, 0.3) is 0 Å². The van der Waals surface area contributed by atoms with E-state index in [4.69, 9.17) is 4.74 Å².